The van der Waals surface area contributed by atoms with Crippen LogP contribution in [0, 0.1) is 6.92 Å². The monoisotopic (exact) mass is 281 g/mol. The second-order valence-electron chi connectivity index (χ2n) is 6.53. The first-order valence-electron chi connectivity index (χ1n) is 8.12. The van der Waals surface area contributed by atoms with Crippen LogP contribution in [0.2, 0.25) is 0 Å². The summed E-state index contributed by atoms with van der Waals surface area (Å²) in [5, 5.41) is 4.84. The molecule has 1 aromatic carbocycles. The van der Waals surface area contributed by atoms with Gasteiger partial charge in [-0.2, -0.15) is 0 Å². The molecule has 0 radical (unpaired) electrons. The fourth-order valence-corrected chi connectivity index (χ4v) is 3.93. The number of aryl methyl sites for hydroxylation is 1. The number of benzene rings is 1. The molecule has 2 saturated heterocycles. The van der Waals surface area contributed by atoms with E-state index in [1.54, 1.807) is 0 Å². The highest BCUT2D eigenvalue weighted by Crippen LogP contribution is 2.30. The second kappa shape index (κ2) is 5.39. The molecule has 2 fully saturated rings. The SMILES string of the molecule is Cc1ccc2cc(CN3C4CCNCC3CC4)ccc2n1. The van der Waals surface area contributed by atoms with Crippen molar-refractivity contribution >= 4 is 10.9 Å². The van der Waals surface area contributed by atoms with Crippen molar-refractivity contribution in [2.45, 2.75) is 44.8 Å². The van der Waals surface area contributed by atoms with E-state index in [4.69, 9.17) is 0 Å². The van der Waals surface area contributed by atoms with E-state index >= 15 is 0 Å². The molecule has 2 unspecified atom stereocenters. The molecule has 21 heavy (non-hydrogen) atoms. The lowest BCUT2D eigenvalue weighted by molar-refractivity contribution is 0.193. The topological polar surface area (TPSA) is 28.2 Å². The van der Waals surface area contributed by atoms with Gasteiger partial charge in [0.15, 0.2) is 0 Å². The molecular weight excluding hydrogens is 258 g/mol. The Balaban J connectivity index is 1.60. The zero-order valence-corrected chi connectivity index (χ0v) is 12.7. The average molecular weight is 281 g/mol. The highest BCUT2D eigenvalue weighted by atomic mass is 15.2. The van der Waals surface area contributed by atoms with Crippen LogP contribution in [0.4, 0.5) is 0 Å². The molecule has 2 aliphatic heterocycles. The third-order valence-electron chi connectivity index (χ3n) is 5.06. The third kappa shape index (κ3) is 2.56. The Kier molecular flexibility index (Phi) is 3.40. The van der Waals surface area contributed by atoms with Crippen LogP contribution in [0.25, 0.3) is 10.9 Å². The first-order chi connectivity index (χ1) is 10.3. The quantitative estimate of drug-likeness (QED) is 0.917. The number of aromatic nitrogens is 1. The number of hydrogen-bond acceptors (Lipinski definition) is 3. The maximum atomic E-state index is 4.60. The molecule has 2 aromatic rings. The van der Waals surface area contributed by atoms with Gasteiger partial charge >= 0.3 is 0 Å². The predicted molar refractivity (Wildman–Crippen MR) is 86.3 cm³/mol. The highest BCUT2D eigenvalue weighted by Gasteiger charge is 2.34. The van der Waals surface area contributed by atoms with Crippen molar-refractivity contribution in [2.24, 2.45) is 0 Å². The van der Waals surface area contributed by atoms with E-state index in [0.717, 1.165) is 36.4 Å². The fraction of sp³-hybridized carbons (Fsp3) is 0.500. The summed E-state index contributed by atoms with van der Waals surface area (Å²) in [6, 6.07) is 12.5. The molecule has 4 rings (SSSR count). The number of nitrogens with zero attached hydrogens (tertiary/aromatic N) is 2. The van der Waals surface area contributed by atoms with Crippen molar-refractivity contribution in [3.8, 4) is 0 Å². The van der Waals surface area contributed by atoms with Crippen LogP contribution in [0.3, 0.4) is 0 Å². The Bertz CT molecular complexity index is 638. The van der Waals surface area contributed by atoms with E-state index in [1.807, 2.05) is 0 Å². The fourth-order valence-electron chi connectivity index (χ4n) is 3.93. The zero-order chi connectivity index (χ0) is 14.2. The van der Waals surface area contributed by atoms with E-state index in [9.17, 15) is 0 Å². The van der Waals surface area contributed by atoms with Gasteiger partial charge < -0.3 is 5.32 Å². The van der Waals surface area contributed by atoms with Gasteiger partial charge in [-0.25, -0.2) is 0 Å². The molecule has 0 spiro atoms. The van der Waals surface area contributed by atoms with Crippen LogP contribution in [0.5, 0.6) is 0 Å². The average Bonchev–Trinajstić information content (AvgIpc) is 2.72. The molecule has 3 heterocycles. The van der Waals surface area contributed by atoms with E-state index in [0.29, 0.717) is 0 Å². The van der Waals surface area contributed by atoms with Crippen LogP contribution >= 0.6 is 0 Å². The van der Waals surface area contributed by atoms with Crippen molar-refractivity contribution in [2.75, 3.05) is 13.1 Å². The maximum absolute atomic E-state index is 4.60. The molecule has 3 nitrogen and oxygen atoms in total. The summed E-state index contributed by atoms with van der Waals surface area (Å²) in [4.78, 5) is 7.32. The lowest BCUT2D eigenvalue weighted by Gasteiger charge is -2.27. The molecule has 0 amide bonds. The summed E-state index contributed by atoms with van der Waals surface area (Å²) < 4.78 is 0. The number of nitrogens with one attached hydrogen (secondary N) is 1. The number of pyridine rings is 1. The van der Waals surface area contributed by atoms with E-state index in [-0.39, 0.29) is 0 Å². The molecule has 110 valence electrons. The van der Waals surface area contributed by atoms with Gasteiger partial charge in [0, 0.05) is 36.3 Å². The molecule has 0 saturated carbocycles. The van der Waals surface area contributed by atoms with Gasteiger partial charge in [-0.3, -0.25) is 9.88 Å². The Morgan fingerprint density at radius 2 is 2.05 bits per heavy atom. The largest absolute Gasteiger partial charge is 0.315 e. The first-order valence-corrected chi connectivity index (χ1v) is 8.12. The van der Waals surface area contributed by atoms with Crippen LogP contribution < -0.4 is 5.32 Å². The van der Waals surface area contributed by atoms with Gasteiger partial charge in [-0.1, -0.05) is 12.1 Å². The lowest BCUT2D eigenvalue weighted by atomic mass is 10.1. The Morgan fingerprint density at radius 3 is 3.00 bits per heavy atom. The van der Waals surface area contributed by atoms with E-state index in [1.165, 1.54) is 36.8 Å². The van der Waals surface area contributed by atoms with Gasteiger partial charge in [0.25, 0.3) is 0 Å². The smallest absolute Gasteiger partial charge is 0.0705 e. The minimum absolute atomic E-state index is 0.726. The number of rotatable bonds is 2. The minimum atomic E-state index is 0.726. The highest BCUT2D eigenvalue weighted by molar-refractivity contribution is 5.79. The molecule has 1 N–H and O–H groups in total. The summed E-state index contributed by atoms with van der Waals surface area (Å²) in [6.45, 7) is 5.47. The van der Waals surface area contributed by atoms with Crippen LogP contribution in [0.15, 0.2) is 30.3 Å². The lowest BCUT2D eigenvalue weighted by Crippen LogP contribution is -2.37. The first kappa shape index (κ1) is 13.2. The summed E-state index contributed by atoms with van der Waals surface area (Å²) in [5.41, 5.74) is 3.62. The van der Waals surface area contributed by atoms with Crippen molar-refractivity contribution in [1.29, 1.82) is 0 Å². The van der Waals surface area contributed by atoms with Gasteiger partial charge in [-0.15, -0.1) is 0 Å². The molecule has 0 aliphatic carbocycles. The standard InChI is InChI=1S/C18H23N3/c1-13-2-4-15-10-14(3-7-18(15)20-13)12-21-16-5-6-17(21)11-19-9-8-16/h2-4,7,10,16-17,19H,5-6,8-9,11-12H2,1H3. The van der Waals surface area contributed by atoms with Crippen molar-refractivity contribution in [3.63, 3.8) is 0 Å². The van der Waals surface area contributed by atoms with E-state index in [2.05, 4.69) is 52.5 Å². The number of fused-ring (bicyclic) bond motifs is 3. The van der Waals surface area contributed by atoms with E-state index < -0.39 is 0 Å². The van der Waals surface area contributed by atoms with Crippen molar-refractivity contribution in [1.82, 2.24) is 15.2 Å². The Hall–Kier alpha value is -1.45. The maximum Gasteiger partial charge on any atom is 0.0705 e. The molecule has 3 heteroatoms. The normalized spacial score (nSPS) is 26.1. The molecule has 2 bridgehead atoms. The summed E-state index contributed by atoms with van der Waals surface area (Å²) >= 11 is 0. The van der Waals surface area contributed by atoms with Gasteiger partial charge in [0.1, 0.15) is 0 Å². The van der Waals surface area contributed by atoms with Crippen molar-refractivity contribution in [3.05, 3.63) is 41.6 Å². The molecule has 2 aliphatic rings. The molecule has 2 atom stereocenters. The second-order valence-corrected chi connectivity index (χ2v) is 6.53. The summed E-state index contributed by atoms with van der Waals surface area (Å²) in [6.07, 6.45) is 4.03. The van der Waals surface area contributed by atoms with Crippen LogP contribution in [-0.4, -0.2) is 35.1 Å². The molecule has 1 aromatic heterocycles. The Labute approximate surface area is 126 Å². The van der Waals surface area contributed by atoms with Gasteiger partial charge in [0.2, 0.25) is 0 Å². The van der Waals surface area contributed by atoms with Crippen LogP contribution in [-0.2, 0) is 6.54 Å². The van der Waals surface area contributed by atoms with Gasteiger partial charge in [0.05, 0.1) is 5.52 Å². The van der Waals surface area contributed by atoms with Gasteiger partial charge in [-0.05, 0) is 56.5 Å². The minimum Gasteiger partial charge on any atom is -0.315 e. The summed E-state index contributed by atoms with van der Waals surface area (Å²) in [7, 11) is 0. The zero-order valence-electron chi connectivity index (χ0n) is 12.7. The number of hydrogen-bond donors (Lipinski definition) is 1. The Morgan fingerprint density at radius 1 is 1.14 bits per heavy atom. The molecular formula is C18H23N3. The summed E-state index contributed by atoms with van der Waals surface area (Å²) in [5.74, 6) is 0. The van der Waals surface area contributed by atoms with Crippen molar-refractivity contribution < 1.29 is 0 Å². The third-order valence-corrected chi connectivity index (χ3v) is 5.06. The van der Waals surface area contributed by atoms with Crippen LogP contribution in [0.1, 0.15) is 30.5 Å². The predicted octanol–water partition coefficient (Wildman–Crippen LogP) is 2.87.